The van der Waals surface area contributed by atoms with Gasteiger partial charge in [-0.05, 0) is 24.3 Å². The molecule has 0 aliphatic rings. The second-order valence-corrected chi connectivity index (χ2v) is 5.67. The Labute approximate surface area is 158 Å². The average molecular weight is 391 g/mol. The second-order valence-electron chi connectivity index (χ2n) is 5.67. The summed E-state index contributed by atoms with van der Waals surface area (Å²) < 4.78 is 52.0. The van der Waals surface area contributed by atoms with E-state index in [1.165, 1.54) is 38.5 Å². The van der Waals surface area contributed by atoms with Crippen molar-refractivity contribution in [2.24, 2.45) is 0 Å². The normalized spacial score (nSPS) is 11.2. The van der Waals surface area contributed by atoms with Gasteiger partial charge in [0.1, 0.15) is 11.5 Å². The third-order valence-electron chi connectivity index (χ3n) is 3.94. The molecule has 0 aliphatic heterocycles. The number of ether oxygens (including phenoxy) is 2. The van der Waals surface area contributed by atoms with E-state index in [0.717, 1.165) is 6.20 Å². The first-order valence-corrected chi connectivity index (χ1v) is 8.09. The number of halogens is 3. The highest BCUT2D eigenvalue weighted by molar-refractivity contribution is 6.06. The summed E-state index contributed by atoms with van der Waals surface area (Å²) >= 11 is 0. The molecule has 6 nitrogen and oxygen atoms in total. The van der Waals surface area contributed by atoms with Crippen LogP contribution in [-0.2, 0) is 6.18 Å². The smallest absolute Gasteiger partial charge is 0.434 e. The number of benzene rings is 2. The lowest BCUT2D eigenvalue weighted by Gasteiger charge is -2.14. The van der Waals surface area contributed by atoms with Crippen molar-refractivity contribution < 1.29 is 27.4 Å². The Bertz CT molecular complexity index is 985. The van der Waals surface area contributed by atoms with Crippen LogP contribution in [0.4, 0.5) is 18.9 Å². The quantitative estimate of drug-likeness (QED) is 0.709. The van der Waals surface area contributed by atoms with Crippen molar-refractivity contribution in [1.29, 1.82) is 0 Å². The topological polar surface area (TPSA) is 65.4 Å². The molecule has 2 aromatic carbocycles. The summed E-state index contributed by atoms with van der Waals surface area (Å²) in [6.07, 6.45) is -3.91. The maximum atomic E-state index is 13.7. The summed E-state index contributed by atoms with van der Waals surface area (Å²) in [7, 11) is 2.81. The molecule has 0 saturated carbocycles. The van der Waals surface area contributed by atoms with E-state index in [1.807, 2.05) is 0 Å². The van der Waals surface area contributed by atoms with E-state index < -0.39 is 23.3 Å². The lowest BCUT2D eigenvalue weighted by molar-refractivity contribution is -0.143. The van der Waals surface area contributed by atoms with Crippen LogP contribution in [0.2, 0.25) is 0 Å². The number of alkyl halides is 3. The van der Waals surface area contributed by atoms with E-state index >= 15 is 0 Å². The van der Waals surface area contributed by atoms with Crippen molar-refractivity contribution in [2.75, 3.05) is 19.5 Å². The lowest BCUT2D eigenvalue weighted by Crippen LogP contribution is -2.21. The number of carbonyl (C=O) groups excluding carboxylic acids is 1. The maximum absolute atomic E-state index is 13.7. The first kappa shape index (κ1) is 19.3. The van der Waals surface area contributed by atoms with Crippen LogP contribution in [0.3, 0.4) is 0 Å². The molecule has 0 saturated heterocycles. The number of amides is 1. The highest BCUT2D eigenvalue weighted by Crippen LogP contribution is 2.35. The molecule has 9 heteroatoms. The van der Waals surface area contributed by atoms with Gasteiger partial charge in [0, 0.05) is 6.07 Å². The number of nitrogens with one attached hydrogen (secondary N) is 1. The summed E-state index contributed by atoms with van der Waals surface area (Å²) in [5.74, 6) is -0.286. The van der Waals surface area contributed by atoms with Crippen LogP contribution in [-0.4, -0.2) is 29.9 Å². The molecule has 0 aliphatic carbocycles. The Morgan fingerprint density at radius 1 is 1.07 bits per heavy atom. The molecule has 0 spiro atoms. The molecule has 3 rings (SSSR count). The largest absolute Gasteiger partial charge is 0.497 e. The molecule has 0 fully saturated rings. The molecular weight excluding hydrogens is 375 g/mol. The fraction of sp³-hybridized carbons (Fsp3) is 0.158. The van der Waals surface area contributed by atoms with E-state index in [-0.39, 0.29) is 17.1 Å². The molecule has 0 atom stereocenters. The van der Waals surface area contributed by atoms with Crippen molar-refractivity contribution in [3.8, 4) is 17.2 Å². The van der Waals surface area contributed by atoms with Crippen LogP contribution in [0.5, 0.6) is 11.5 Å². The average Bonchev–Trinajstić information content (AvgIpc) is 3.14. The Morgan fingerprint density at radius 2 is 1.79 bits per heavy atom. The van der Waals surface area contributed by atoms with Gasteiger partial charge in [0.15, 0.2) is 5.69 Å². The summed E-state index contributed by atoms with van der Waals surface area (Å²) in [5, 5.41) is 6.20. The fourth-order valence-corrected chi connectivity index (χ4v) is 2.65. The van der Waals surface area contributed by atoms with Crippen molar-refractivity contribution >= 4 is 11.6 Å². The molecule has 1 heterocycles. The molecule has 1 N–H and O–H groups in total. The van der Waals surface area contributed by atoms with E-state index in [4.69, 9.17) is 9.47 Å². The van der Waals surface area contributed by atoms with Gasteiger partial charge in [0.2, 0.25) is 0 Å². The van der Waals surface area contributed by atoms with Crippen LogP contribution in [0.25, 0.3) is 5.69 Å². The number of anilines is 1. The summed E-state index contributed by atoms with van der Waals surface area (Å²) in [6.45, 7) is 0. The number of hydrogen-bond donors (Lipinski definition) is 1. The van der Waals surface area contributed by atoms with Crippen molar-refractivity contribution in [2.45, 2.75) is 6.18 Å². The summed E-state index contributed by atoms with van der Waals surface area (Å²) in [6, 6.07) is 12.4. The molecule has 0 unspecified atom stereocenters. The highest BCUT2D eigenvalue weighted by atomic mass is 19.4. The van der Waals surface area contributed by atoms with Crippen molar-refractivity contribution in [3.05, 3.63) is 66.0 Å². The second kappa shape index (κ2) is 7.63. The van der Waals surface area contributed by atoms with Gasteiger partial charge in [-0.15, -0.1) is 0 Å². The highest BCUT2D eigenvalue weighted by Gasteiger charge is 2.40. The zero-order chi connectivity index (χ0) is 20.3. The predicted octanol–water partition coefficient (Wildman–Crippen LogP) is 4.16. The molecule has 146 valence electrons. The third-order valence-corrected chi connectivity index (χ3v) is 3.94. The summed E-state index contributed by atoms with van der Waals surface area (Å²) in [4.78, 5) is 12.6. The van der Waals surface area contributed by atoms with E-state index in [2.05, 4.69) is 10.4 Å². The van der Waals surface area contributed by atoms with E-state index in [0.29, 0.717) is 10.4 Å². The lowest BCUT2D eigenvalue weighted by atomic mass is 10.2. The number of carbonyl (C=O) groups is 1. The maximum Gasteiger partial charge on any atom is 0.434 e. The Morgan fingerprint density at radius 3 is 2.39 bits per heavy atom. The van der Waals surface area contributed by atoms with Gasteiger partial charge in [-0.1, -0.05) is 18.2 Å². The minimum absolute atomic E-state index is 0.174. The van der Waals surface area contributed by atoms with Gasteiger partial charge in [0.25, 0.3) is 5.91 Å². The van der Waals surface area contributed by atoms with Gasteiger partial charge in [-0.25, -0.2) is 4.68 Å². The van der Waals surface area contributed by atoms with Crippen LogP contribution >= 0.6 is 0 Å². The fourth-order valence-electron chi connectivity index (χ4n) is 2.65. The van der Waals surface area contributed by atoms with Crippen LogP contribution in [0.1, 0.15) is 16.1 Å². The van der Waals surface area contributed by atoms with Crippen molar-refractivity contribution in [3.63, 3.8) is 0 Å². The molecule has 0 bridgehead atoms. The molecular formula is C19H16F3N3O3. The first-order valence-electron chi connectivity index (χ1n) is 8.09. The van der Waals surface area contributed by atoms with Crippen molar-refractivity contribution in [1.82, 2.24) is 9.78 Å². The minimum atomic E-state index is -4.79. The Hall–Kier alpha value is -3.49. The molecule has 0 radical (unpaired) electrons. The van der Waals surface area contributed by atoms with Gasteiger partial charge in [-0.2, -0.15) is 18.3 Å². The molecule has 1 amide bonds. The Kier molecular flexibility index (Phi) is 5.25. The zero-order valence-corrected chi connectivity index (χ0v) is 14.9. The monoisotopic (exact) mass is 391 g/mol. The third kappa shape index (κ3) is 3.78. The molecule has 28 heavy (non-hydrogen) atoms. The van der Waals surface area contributed by atoms with Gasteiger partial charge in [-0.3, -0.25) is 4.79 Å². The van der Waals surface area contributed by atoms with Gasteiger partial charge in [0.05, 0.1) is 37.4 Å². The van der Waals surface area contributed by atoms with E-state index in [9.17, 15) is 18.0 Å². The van der Waals surface area contributed by atoms with Gasteiger partial charge >= 0.3 is 6.18 Å². The van der Waals surface area contributed by atoms with E-state index in [1.54, 1.807) is 24.3 Å². The molecule has 3 aromatic rings. The summed E-state index contributed by atoms with van der Waals surface area (Å²) in [5.41, 5.74) is -1.42. The number of rotatable bonds is 5. The van der Waals surface area contributed by atoms with Crippen LogP contribution in [0, 0.1) is 0 Å². The number of nitrogens with zero attached hydrogens (tertiary/aromatic N) is 2. The first-order chi connectivity index (χ1) is 13.3. The van der Waals surface area contributed by atoms with Gasteiger partial charge < -0.3 is 14.8 Å². The predicted molar refractivity (Wildman–Crippen MR) is 96.1 cm³/mol. The Balaban J connectivity index is 2.03. The number of aromatic nitrogens is 2. The van der Waals surface area contributed by atoms with Crippen LogP contribution < -0.4 is 14.8 Å². The number of methoxy groups -OCH3 is 2. The standard InChI is InChI=1S/C19H16F3N3O3/c1-27-13-8-9-16(28-2)15(10-13)24-18(26)14-11-23-25(17(14)19(20,21)22)12-6-4-3-5-7-12/h3-11H,1-2H3,(H,24,26). The zero-order valence-electron chi connectivity index (χ0n) is 14.9. The number of hydrogen-bond acceptors (Lipinski definition) is 4. The number of para-hydroxylation sites is 1. The minimum Gasteiger partial charge on any atom is -0.497 e. The van der Waals surface area contributed by atoms with Crippen LogP contribution in [0.15, 0.2) is 54.7 Å². The SMILES string of the molecule is COc1ccc(OC)c(NC(=O)c2cnn(-c3ccccc3)c2C(F)(F)F)c1. The molecule has 1 aromatic heterocycles.